The molecule has 0 aromatic rings. The molecule has 9 N–H and O–H groups in total. The van der Waals surface area contributed by atoms with Crippen LogP contribution in [0.3, 0.4) is 0 Å². The zero-order chi connectivity index (χ0) is 49.6. The molecule has 2 fully saturated rings. The molecular formula is C54H99NO13. The summed E-state index contributed by atoms with van der Waals surface area (Å²) in [5.74, 6) is -0.279. The predicted octanol–water partition coefficient (Wildman–Crippen LogP) is 7.88. The maximum Gasteiger partial charge on any atom is 0.220 e. The number of unbranched alkanes of at least 4 members (excludes halogenated alkanes) is 25. The normalized spacial score (nSPS) is 26.6. The van der Waals surface area contributed by atoms with Gasteiger partial charge >= 0.3 is 0 Å². The number of allylic oxidation sites excluding steroid dienone is 5. The van der Waals surface area contributed by atoms with E-state index in [9.17, 15) is 45.6 Å². The summed E-state index contributed by atoms with van der Waals surface area (Å²) in [5.41, 5.74) is 0. The molecule has 0 aliphatic carbocycles. The average Bonchev–Trinajstić information content (AvgIpc) is 3.33. The minimum Gasteiger partial charge on any atom is -0.394 e. The molecule has 2 aliphatic heterocycles. The van der Waals surface area contributed by atoms with Crippen molar-refractivity contribution in [2.75, 3.05) is 19.8 Å². The van der Waals surface area contributed by atoms with Gasteiger partial charge in [0.25, 0.3) is 0 Å². The van der Waals surface area contributed by atoms with Gasteiger partial charge in [0.15, 0.2) is 12.6 Å². The van der Waals surface area contributed by atoms with Crippen LogP contribution in [0.2, 0.25) is 0 Å². The van der Waals surface area contributed by atoms with Crippen LogP contribution in [0.4, 0.5) is 0 Å². The second kappa shape index (κ2) is 40.8. The third kappa shape index (κ3) is 27.1. The second-order valence-corrected chi connectivity index (χ2v) is 19.3. The smallest absolute Gasteiger partial charge is 0.220 e. The van der Waals surface area contributed by atoms with Crippen molar-refractivity contribution >= 4 is 5.91 Å². The Morgan fingerprint density at radius 3 is 1.44 bits per heavy atom. The van der Waals surface area contributed by atoms with E-state index in [1.54, 1.807) is 6.08 Å². The summed E-state index contributed by atoms with van der Waals surface area (Å²) in [6.45, 7) is 2.57. The highest BCUT2D eigenvalue weighted by Gasteiger charge is 2.51. The molecule has 1 amide bonds. The van der Waals surface area contributed by atoms with Gasteiger partial charge < -0.3 is 65.1 Å². The lowest BCUT2D eigenvalue weighted by atomic mass is 9.97. The van der Waals surface area contributed by atoms with E-state index in [0.717, 1.165) is 38.5 Å². The maximum atomic E-state index is 12.8. The lowest BCUT2D eigenvalue weighted by Crippen LogP contribution is -2.65. The summed E-state index contributed by atoms with van der Waals surface area (Å²) in [4.78, 5) is 12.8. The fourth-order valence-corrected chi connectivity index (χ4v) is 8.85. The van der Waals surface area contributed by atoms with Crippen LogP contribution < -0.4 is 5.32 Å². The Morgan fingerprint density at radius 1 is 0.515 bits per heavy atom. The summed E-state index contributed by atoms with van der Waals surface area (Å²) in [6.07, 6.45) is 31.9. The summed E-state index contributed by atoms with van der Waals surface area (Å²) in [6, 6.07) is -0.931. The Kier molecular flexibility index (Phi) is 37.4. The number of aliphatic hydroxyl groups excluding tert-OH is 8. The number of hydrogen-bond donors (Lipinski definition) is 9. The fraction of sp³-hybridized carbons (Fsp3) is 0.870. The third-order valence-electron chi connectivity index (χ3n) is 13.3. The number of nitrogens with one attached hydrogen (secondary N) is 1. The Labute approximate surface area is 411 Å². The minimum absolute atomic E-state index is 0.255. The fourth-order valence-electron chi connectivity index (χ4n) is 8.85. The number of ether oxygens (including phenoxy) is 4. The van der Waals surface area contributed by atoms with Gasteiger partial charge in [0.2, 0.25) is 5.91 Å². The minimum atomic E-state index is -1.79. The van der Waals surface area contributed by atoms with Crippen LogP contribution in [0.25, 0.3) is 0 Å². The van der Waals surface area contributed by atoms with E-state index in [4.69, 9.17) is 18.9 Å². The summed E-state index contributed by atoms with van der Waals surface area (Å²) in [5, 5.41) is 86.1. The summed E-state index contributed by atoms with van der Waals surface area (Å²) in [7, 11) is 0. The quantitative estimate of drug-likeness (QED) is 0.0210. The molecule has 398 valence electrons. The zero-order valence-corrected chi connectivity index (χ0v) is 42.3. The molecule has 0 aromatic carbocycles. The molecule has 0 spiro atoms. The predicted molar refractivity (Wildman–Crippen MR) is 268 cm³/mol. The van der Waals surface area contributed by atoms with Gasteiger partial charge in [-0.2, -0.15) is 0 Å². The average molecular weight is 970 g/mol. The van der Waals surface area contributed by atoms with E-state index in [1.165, 1.54) is 135 Å². The van der Waals surface area contributed by atoms with Gasteiger partial charge in [0.1, 0.15) is 48.8 Å². The molecule has 2 rings (SSSR count). The molecule has 2 aliphatic rings. The SMILES string of the molecule is CCCCCCCCCCCCCCCCCCCCCCC/C=C/CC/C=C/CC/C=C/C(O)C(COC1OC(CO)C(OC2OC(CO)C(O)C(O)C2O)C(O)C1O)NC(=O)CCCCC. The summed E-state index contributed by atoms with van der Waals surface area (Å²) >= 11 is 0. The molecule has 0 aromatic heterocycles. The topological polar surface area (TPSA) is 228 Å². The van der Waals surface area contributed by atoms with Crippen molar-refractivity contribution in [2.24, 2.45) is 0 Å². The van der Waals surface area contributed by atoms with E-state index in [2.05, 4.69) is 36.5 Å². The largest absolute Gasteiger partial charge is 0.394 e. The van der Waals surface area contributed by atoms with Crippen LogP contribution in [0.1, 0.15) is 206 Å². The van der Waals surface area contributed by atoms with Gasteiger partial charge in [-0.3, -0.25) is 4.79 Å². The van der Waals surface area contributed by atoms with Crippen LogP contribution in [0.5, 0.6) is 0 Å². The Bertz CT molecular complexity index is 1280. The highest BCUT2D eigenvalue weighted by atomic mass is 16.7. The zero-order valence-electron chi connectivity index (χ0n) is 42.3. The first-order valence-electron chi connectivity index (χ1n) is 27.2. The number of carbonyl (C=O) groups excluding carboxylic acids is 1. The number of hydrogen-bond acceptors (Lipinski definition) is 13. The molecule has 14 heteroatoms. The Balaban J connectivity index is 1.60. The van der Waals surface area contributed by atoms with Gasteiger partial charge in [-0.1, -0.05) is 192 Å². The van der Waals surface area contributed by atoms with Crippen LogP contribution >= 0.6 is 0 Å². The molecule has 12 atom stereocenters. The van der Waals surface area contributed by atoms with Crippen molar-refractivity contribution < 1.29 is 64.6 Å². The number of rotatable bonds is 42. The highest BCUT2D eigenvalue weighted by Crippen LogP contribution is 2.30. The van der Waals surface area contributed by atoms with Crippen LogP contribution in [-0.4, -0.2) is 140 Å². The first-order chi connectivity index (χ1) is 33.1. The molecule has 2 saturated heterocycles. The molecule has 0 bridgehead atoms. The highest BCUT2D eigenvalue weighted by molar-refractivity contribution is 5.76. The van der Waals surface area contributed by atoms with Crippen molar-refractivity contribution in [1.29, 1.82) is 0 Å². The van der Waals surface area contributed by atoms with Gasteiger partial charge in [-0.05, 0) is 44.9 Å². The van der Waals surface area contributed by atoms with Crippen molar-refractivity contribution in [3.8, 4) is 0 Å². The molecule has 12 unspecified atom stereocenters. The maximum absolute atomic E-state index is 12.8. The number of aliphatic hydroxyl groups is 8. The molecule has 68 heavy (non-hydrogen) atoms. The molecule has 0 saturated carbocycles. The van der Waals surface area contributed by atoms with E-state index < -0.39 is 86.8 Å². The van der Waals surface area contributed by atoms with Crippen LogP contribution in [0, 0.1) is 0 Å². The van der Waals surface area contributed by atoms with Crippen molar-refractivity contribution in [1.82, 2.24) is 5.32 Å². The van der Waals surface area contributed by atoms with Crippen molar-refractivity contribution in [3.05, 3.63) is 36.5 Å². The number of carbonyl (C=O) groups is 1. The molecule has 14 nitrogen and oxygen atoms in total. The monoisotopic (exact) mass is 970 g/mol. The van der Waals surface area contributed by atoms with Crippen molar-refractivity contribution in [2.45, 2.75) is 280 Å². The molecular weight excluding hydrogens is 871 g/mol. The first kappa shape index (κ1) is 62.3. The third-order valence-corrected chi connectivity index (χ3v) is 13.3. The van der Waals surface area contributed by atoms with E-state index in [1.807, 2.05) is 13.0 Å². The van der Waals surface area contributed by atoms with Crippen molar-refractivity contribution in [3.63, 3.8) is 0 Å². The van der Waals surface area contributed by atoms with Gasteiger partial charge in [-0.15, -0.1) is 0 Å². The van der Waals surface area contributed by atoms with E-state index >= 15 is 0 Å². The molecule has 0 radical (unpaired) electrons. The summed E-state index contributed by atoms with van der Waals surface area (Å²) < 4.78 is 22.5. The standard InChI is InChI=1S/C54H99NO13/c1-3-5-7-8-9-10-11-12-13-14-15-16-17-18-19-20-21-22-23-24-25-26-27-28-29-30-31-32-33-34-36-37-43(58)42(55-46(59)38-35-6-4-2)41-65-53-51(64)49(62)52(45(40-57)67-53)68-54-50(63)48(61)47(60)44(39-56)66-54/h27-28,31-32,36-37,42-45,47-54,56-58,60-64H,3-26,29-30,33-35,38-41H2,1-2H3,(H,55,59)/b28-27+,32-31+,37-36+. The Hall–Kier alpha value is -1.79. The lowest BCUT2D eigenvalue weighted by Gasteiger charge is -2.46. The van der Waals surface area contributed by atoms with E-state index in [-0.39, 0.29) is 18.9 Å². The second-order valence-electron chi connectivity index (χ2n) is 19.3. The molecule has 2 heterocycles. The van der Waals surface area contributed by atoms with Gasteiger partial charge in [-0.25, -0.2) is 0 Å². The first-order valence-corrected chi connectivity index (χ1v) is 27.2. The number of amides is 1. The lowest BCUT2D eigenvalue weighted by molar-refractivity contribution is -0.359. The van der Waals surface area contributed by atoms with E-state index in [0.29, 0.717) is 12.8 Å². The van der Waals surface area contributed by atoms with Crippen LogP contribution in [-0.2, 0) is 23.7 Å². The van der Waals surface area contributed by atoms with Gasteiger partial charge in [0.05, 0.1) is 32.0 Å². The van der Waals surface area contributed by atoms with Crippen LogP contribution in [0.15, 0.2) is 36.5 Å². The Morgan fingerprint density at radius 2 is 0.941 bits per heavy atom. The van der Waals surface area contributed by atoms with Gasteiger partial charge in [0, 0.05) is 6.42 Å².